The zero-order chi connectivity index (χ0) is 18.4. The third-order valence-corrected chi connectivity index (χ3v) is 5.41. The highest BCUT2D eigenvalue weighted by molar-refractivity contribution is 14.1. The molecule has 136 valence electrons. The smallest absolute Gasteiger partial charge is 0.257 e. The largest absolute Gasteiger partial charge is 0.419 e. The molecule has 8 heteroatoms. The van der Waals surface area contributed by atoms with E-state index in [1.165, 1.54) is 0 Å². The number of anilines is 1. The molecule has 6 nitrogen and oxygen atoms in total. The van der Waals surface area contributed by atoms with Crippen molar-refractivity contribution in [3.63, 3.8) is 0 Å². The van der Waals surface area contributed by atoms with Gasteiger partial charge in [-0.05, 0) is 59.1 Å². The molecular weight excluding hydrogens is 463 g/mol. The highest BCUT2D eigenvalue weighted by Gasteiger charge is 2.16. The van der Waals surface area contributed by atoms with Gasteiger partial charge in [-0.1, -0.05) is 25.1 Å². The van der Waals surface area contributed by atoms with Crippen LogP contribution in [0.1, 0.15) is 19.2 Å². The molecule has 0 fully saturated rings. The predicted octanol–water partition coefficient (Wildman–Crippen LogP) is 4.25. The Labute approximate surface area is 169 Å². The van der Waals surface area contributed by atoms with Crippen LogP contribution in [0.5, 0.6) is 0 Å². The van der Waals surface area contributed by atoms with Crippen LogP contribution >= 0.6 is 33.9 Å². The van der Waals surface area contributed by atoms with E-state index >= 15 is 0 Å². The summed E-state index contributed by atoms with van der Waals surface area (Å²) in [6.07, 6.45) is 0.933. The zero-order valence-electron chi connectivity index (χ0n) is 14.3. The third kappa shape index (κ3) is 5.12. The Morgan fingerprint density at radius 1 is 1.27 bits per heavy atom. The monoisotopic (exact) mass is 482 g/mol. The molecule has 0 radical (unpaired) electrons. The maximum Gasteiger partial charge on any atom is 0.257 e. The number of rotatable bonds is 8. The van der Waals surface area contributed by atoms with E-state index < -0.39 is 0 Å². The van der Waals surface area contributed by atoms with Crippen LogP contribution < -0.4 is 5.32 Å². The number of carbonyl (C=O) groups excluding carboxylic acids is 1. The van der Waals surface area contributed by atoms with Crippen LogP contribution in [0, 0.1) is 3.57 Å². The Balaban J connectivity index is 1.62. The summed E-state index contributed by atoms with van der Waals surface area (Å²) in [6.45, 7) is 3.58. The van der Waals surface area contributed by atoms with Crippen molar-refractivity contribution < 1.29 is 9.21 Å². The standard InChI is InChI=1S/C18H19IN4O2S/c1-2-9-23(11-16(24)20-14-7-4-3-6-13(14)19)12-17-21-22-18(25-17)15-8-5-10-26-15/h3-8,10H,2,9,11-12H2,1H3,(H,20,24). The summed E-state index contributed by atoms with van der Waals surface area (Å²) in [6, 6.07) is 11.6. The minimum Gasteiger partial charge on any atom is -0.419 e. The minimum atomic E-state index is -0.0550. The first-order valence-electron chi connectivity index (χ1n) is 8.28. The van der Waals surface area contributed by atoms with Gasteiger partial charge in [0.05, 0.1) is 23.7 Å². The Hall–Kier alpha value is -1.78. The van der Waals surface area contributed by atoms with Gasteiger partial charge in [-0.3, -0.25) is 9.69 Å². The van der Waals surface area contributed by atoms with Crippen molar-refractivity contribution in [1.29, 1.82) is 0 Å². The molecule has 0 spiro atoms. The van der Waals surface area contributed by atoms with E-state index in [0.29, 0.717) is 18.3 Å². The van der Waals surface area contributed by atoms with E-state index in [2.05, 4.69) is 45.0 Å². The number of thiophene rings is 1. The minimum absolute atomic E-state index is 0.0550. The molecule has 1 aromatic carbocycles. The number of benzene rings is 1. The van der Waals surface area contributed by atoms with Crippen LogP contribution in [-0.2, 0) is 11.3 Å². The fourth-order valence-electron chi connectivity index (χ4n) is 2.49. The number of hydrogen-bond acceptors (Lipinski definition) is 6. The third-order valence-electron chi connectivity index (χ3n) is 3.61. The van der Waals surface area contributed by atoms with E-state index in [0.717, 1.165) is 27.1 Å². The second-order valence-electron chi connectivity index (χ2n) is 5.72. The van der Waals surface area contributed by atoms with Crippen LogP contribution in [0.3, 0.4) is 0 Å². The molecule has 1 amide bonds. The zero-order valence-corrected chi connectivity index (χ0v) is 17.3. The molecular formula is C18H19IN4O2S. The number of nitrogens with one attached hydrogen (secondary N) is 1. The first kappa shape index (κ1) is 19.0. The molecule has 1 N–H and O–H groups in total. The summed E-state index contributed by atoms with van der Waals surface area (Å²) in [5.41, 5.74) is 0.826. The number of amides is 1. The van der Waals surface area contributed by atoms with Crippen LogP contribution in [0.25, 0.3) is 10.8 Å². The van der Waals surface area contributed by atoms with Gasteiger partial charge in [0.25, 0.3) is 5.89 Å². The molecule has 0 aliphatic carbocycles. The average Bonchev–Trinajstić information content (AvgIpc) is 3.28. The lowest BCUT2D eigenvalue weighted by Gasteiger charge is -2.19. The number of hydrogen-bond donors (Lipinski definition) is 1. The molecule has 2 heterocycles. The van der Waals surface area contributed by atoms with Crippen LogP contribution in [0.2, 0.25) is 0 Å². The number of aromatic nitrogens is 2. The summed E-state index contributed by atoms with van der Waals surface area (Å²) >= 11 is 3.77. The predicted molar refractivity (Wildman–Crippen MR) is 111 cm³/mol. The van der Waals surface area contributed by atoms with Gasteiger partial charge in [0, 0.05) is 3.57 Å². The van der Waals surface area contributed by atoms with Crippen molar-refractivity contribution in [2.45, 2.75) is 19.9 Å². The molecule has 0 bridgehead atoms. The van der Waals surface area contributed by atoms with Crippen molar-refractivity contribution >= 4 is 45.5 Å². The summed E-state index contributed by atoms with van der Waals surface area (Å²) in [5, 5.41) is 13.1. The van der Waals surface area contributed by atoms with E-state index in [1.807, 2.05) is 46.7 Å². The molecule has 0 saturated carbocycles. The Bertz CT molecular complexity index is 851. The Morgan fingerprint density at radius 3 is 2.85 bits per heavy atom. The average molecular weight is 482 g/mol. The maximum atomic E-state index is 12.4. The summed E-state index contributed by atoms with van der Waals surface area (Å²) in [4.78, 5) is 15.4. The highest BCUT2D eigenvalue weighted by Crippen LogP contribution is 2.23. The fraction of sp³-hybridized carbons (Fsp3) is 0.278. The van der Waals surface area contributed by atoms with E-state index in [1.54, 1.807) is 11.3 Å². The van der Waals surface area contributed by atoms with Gasteiger partial charge < -0.3 is 9.73 Å². The normalized spacial score (nSPS) is 11.0. The second-order valence-corrected chi connectivity index (χ2v) is 7.83. The van der Waals surface area contributed by atoms with Gasteiger partial charge in [0.2, 0.25) is 11.8 Å². The molecule has 2 aromatic heterocycles. The number of halogens is 1. The fourth-order valence-corrected chi connectivity index (χ4v) is 3.66. The topological polar surface area (TPSA) is 71.3 Å². The second kappa shape index (κ2) is 9.24. The van der Waals surface area contributed by atoms with Gasteiger partial charge in [-0.2, -0.15) is 0 Å². The lowest BCUT2D eigenvalue weighted by Crippen LogP contribution is -2.33. The van der Waals surface area contributed by atoms with Crippen molar-refractivity contribution in [2.24, 2.45) is 0 Å². The molecule has 0 atom stereocenters. The van der Waals surface area contributed by atoms with Crippen LogP contribution in [0.15, 0.2) is 46.2 Å². The first-order chi connectivity index (χ1) is 12.7. The van der Waals surface area contributed by atoms with Gasteiger partial charge in [0.1, 0.15) is 0 Å². The number of carbonyl (C=O) groups is 1. The maximum absolute atomic E-state index is 12.4. The molecule has 3 rings (SSSR count). The first-order valence-corrected chi connectivity index (χ1v) is 10.2. The molecule has 0 aliphatic heterocycles. The lowest BCUT2D eigenvalue weighted by molar-refractivity contribution is -0.117. The molecule has 0 unspecified atom stereocenters. The van der Waals surface area contributed by atoms with Gasteiger partial charge >= 0.3 is 0 Å². The quantitative estimate of drug-likeness (QED) is 0.486. The Morgan fingerprint density at radius 2 is 2.12 bits per heavy atom. The van der Waals surface area contributed by atoms with Gasteiger partial charge in [-0.15, -0.1) is 21.5 Å². The molecule has 3 aromatic rings. The van der Waals surface area contributed by atoms with Crippen molar-refractivity contribution in [1.82, 2.24) is 15.1 Å². The highest BCUT2D eigenvalue weighted by atomic mass is 127. The molecule has 0 saturated heterocycles. The molecule has 0 aliphatic rings. The molecule has 26 heavy (non-hydrogen) atoms. The lowest BCUT2D eigenvalue weighted by atomic mass is 10.3. The van der Waals surface area contributed by atoms with E-state index in [-0.39, 0.29) is 12.5 Å². The number of nitrogens with zero attached hydrogens (tertiary/aromatic N) is 3. The van der Waals surface area contributed by atoms with Crippen molar-refractivity contribution in [2.75, 3.05) is 18.4 Å². The number of para-hydroxylation sites is 1. The van der Waals surface area contributed by atoms with E-state index in [4.69, 9.17) is 4.42 Å². The van der Waals surface area contributed by atoms with Crippen LogP contribution in [-0.4, -0.2) is 34.1 Å². The van der Waals surface area contributed by atoms with Gasteiger partial charge in [-0.25, -0.2) is 0 Å². The van der Waals surface area contributed by atoms with Crippen molar-refractivity contribution in [3.8, 4) is 10.8 Å². The van der Waals surface area contributed by atoms with E-state index in [9.17, 15) is 4.79 Å². The summed E-state index contributed by atoms with van der Waals surface area (Å²) in [7, 11) is 0. The summed E-state index contributed by atoms with van der Waals surface area (Å²) in [5.74, 6) is 0.985. The SMILES string of the molecule is CCCN(CC(=O)Nc1ccccc1I)Cc1nnc(-c2cccs2)o1. The van der Waals surface area contributed by atoms with Gasteiger partial charge in [0.15, 0.2) is 0 Å². The van der Waals surface area contributed by atoms with Crippen LogP contribution in [0.4, 0.5) is 5.69 Å². The Kier molecular flexibility index (Phi) is 6.75. The van der Waals surface area contributed by atoms with Crippen molar-refractivity contribution in [3.05, 3.63) is 51.2 Å². The summed E-state index contributed by atoms with van der Waals surface area (Å²) < 4.78 is 6.75.